The van der Waals surface area contributed by atoms with Gasteiger partial charge in [-0.1, -0.05) is 32.9 Å². The normalized spacial score (nSPS) is 11.7. The van der Waals surface area contributed by atoms with Crippen LogP contribution in [0.2, 0.25) is 0 Å². The van der Waals surface area contributed by atoms with Gasteiger partial charge in [0.1, 0.15) is 10.8 Å². The Morgan fingerprint density at radius 3 is 2.50 bits per heavy atom. The topological polar surface area (TPSA) is 22.1 Å². The molecule has 1 aromatic carbocycles. The van der Waals surface area contributed by atoms with Crippen molar-refractivity contribution in [2.24, 2.45) is 0 Å². The summed E-state index contributed by atoms with van der Waals surface area (Å²) in [6.07, 6.45) is 0. The van der Waals surface area contributed by atoms with E-state index < -0.39 is 0 Å². The summed E-state index contributed by atoms with van der Waals surface area (Å²) in [6, 6.07) is 8.08. The fraction of sp³-hybridized carbons (Fsp3) is 0.438. The van der Waals surface area contributed by atoms with E-state index in [2.05, 4.69) is 39.5 Å². The van der Waals surface area contributed by atoms with E-state index in [4.69, 9.17) is 9.72 Å². The Balaban J connectivity index is 2.51. The summed E-state index contributed by atoms with van der Waals surface area (Å²) < 4.78 is 5.71. The molecule has 2 rings (SSSR count). The average molecular weight is 307 g/mol. The van der Waals surface area contributed by atoms with E-state index in [-0.39, 0.29) is 5.41 Å². The molecule has 0 spiro atoms. The van der Waals surface area contributed by atoms with Crippen LogP contribution in [-0.4, -0.2) is 11.6 Å². The minimum absolute atomic E-state index is 0.0351. The van der Waals surface area contributed by atoms with Crippen molar-refractivity contribution in [2.75, 3.05) is 6.61 Å². The summed E-state index contributed by atoms with van der Waals surface area (Å²) in [4.78, 5) is 6.09. The van der Waals surface area contributed by atoms with Crippen molar-refractivity contribution in [1.29, 1.82) is 0 Å². The largest absolute Gasteiger partial charge is 0.493 e. The molecule has 20 heavy (non-hydrogen) atoms. The number of hydrogen-bond acceptors (Lipinski definition) is 4. The molecule has 1 aromatic heterocycles. The first kappa shape index (κ1) is 15.4. The van der Waals surface area contributed by atoms with Crippen molar-refractivity contribution in [3.63, 3.8) is 0 Å². The number of rotatable bonds is 4. The van der Waals surface area contributed by atoms with Crippen molar-refractivity contribution in [1.82, 2.24) is 4.98 Å². The smallest absolute Gasteiger partial charge is 0.129 e. The Bertz CT molecular complexity index is 584. The molecule has 0 atom stereocenters. The van der Waals surface area contributed by atoms with Gasteiger partial charge in [-0.25, -0.2) is 4.98 Å². The number of aromatic nitrogens is 1. The Hall–Kier alpha value is -1.000. The fourth-order valence-corrected chi connectivity index (χ4v) is 3.59. The molecule has 0 aliphatic heterocycles. The van der Waals surface area contributed by atoms with Gasteiger partial charge in [0.2, 0.25) is 0 Å². The van der Waals surface area contributed by atoms with E-state index in [1.54, 1.807) is 11.3 Å². The van der Waals surface area contributed by atoms with Crippen LogP contribution in [-0.2, 0) is 11.2 Å². The number of ether oxygens (including phenoxy) is 1. The van der Waals surface area contributed by atoms with Gasteiger partial charge in [-0.05, 0) is 19.1 Å². The maximum Gasteiger partial charge on any atom is 0.129 e. The van der Waals surface area contributed by atoms with Gasteiger partial charge in [-0.15, -0.1) is 11.3 Å². The molecule has 0 fully saturated rings. The van der Waals surface area contributed by atoms with E-state index in [9.17, 15) is 0 Å². The van der Waals surface area contributed by atoms with Crippen LogP contribution in [0.3, 0.4) is 0 Å². The zero-order valence-corrected chi connectivity index (χ0v) is 14.1. The van der Waals surface area contributed by atoms with Crippen molar-refractivity contribution in [3.05, 3.63) is 34.8 Å². The lowest BCUT2D eigenvalue weighted by atomic mass is 9.91. The van der Waals surface area contributed by atoms with Gasteiger partial charge in [-0.2, -0.15) is 12.6 Å². The van der Waals surface area contributed by atoms with Crippen LogP contribution in [0.25, 0.3) is 10.6 Å². The Morgan fingerprint density at radius 1 is 1.25 bits per heavy atom. The van der Waals surface area contributed by atoms with Gasteiger partial charge >= 0.3 is 0 Å². The first-order chi connectivity index (χ1) is 9.47. The van der Waals surface area contributed by atoms with E-state index in [0.29, 0.717) is 6.61 Å². The zero-order chi connectivity index (χ0) is 14.8. The molecule has 2 nitrogen and oxygen atoms in total. The number of para-hydroxylation sites is 1. The first-order valence-electron chi connectivity index (χ1n) is 6.80. The molecule has 0 radical (unpaired) electrons. The summed E-state index contributed by atoms with van der Waals surface area (Å²) in [7, 11) is 0. The summed E-state index contributed by atoms with van der Waals surface area (Å²) in [5, 5.41) is 1.02. The Kier molecular flexibility index (Phi) is 4.76. The molecule has 0 saturated carbocycles. The predicted molar refractivity (Wildman–Crippen MR) is 90.1 cm³/mol. The Morgan fingerprint density at radius 2 is 1.95 bits per heavy atom. The number of thiol groups is 1. The second-order valence-electron chi connectivity index (χ2n) is 5.63. The standard InChI is InChI=1S/C16H21NOS2/c1-5-18-12-9-7-6-8-11(12)15-17-14(16(2,3)4)13(10-19)20-15/h6-9,19H,5,10H2,1-4H3. The molecule has 0 aliphatic carbocycles. The molecule has 108 valence electrons. The SMILES string of the molecule is CCOc1ccccc1-c1nc(C(C)(C)C)c(CS)s1. The van der Waals surface area contributed by atoms with Gasteiger partial charge in [0.05, 0.1) is 17.9 Å². The van der Waals surface area contributed by atoms with Gasteiger partial charge in [0, 0.05) is 16.0 Å². The highest BCUT2D eigenvalue weighted by Crippen LogP contribution is 2.38. The molecule has 0 unspecified atom stereocenters. The Labute approximate surface area is 130 Å². The van der Waals surface area contributed by atoms with E-state index in [0.717, 1.165) is 27.8 Å². The lowest BCUT2D eigenvalue weighted by Gasteiger charge is -2.16. The minimum atomic E-state index is 0.0351. The summed E-state index contributed by atoms with van der Waals surface area (Å²) in [5.74, 6) is 1.62. The quantitative estimate of drug-likeness (QED) is 0.809. The molecule has 4 heteroatoms. The van der Waals surface area contributed by atoms with Crippen LogP contribution in [0.4, 0.5) is 0 Å². The van der Waals surface area contributed by atoms with Gasteiger partial charge < -0.3 is 4.74 Å². The fourth-order valence-electron chi connectivity index (χ4n) is 2.08. The van der Waals surface area contributed by atoms with Crippen LogP contribution >= 0.6 is 24.0 Å². The zero-order valence-electron chi connectivity index (χ0n) is 12.4. The van der Waals surface area contributed by atoms with Crippen LogP contribution in [0.1, 0.15) is 38.3 Å². The monoisotopic (exact) mass is 307 g/mol. The predicted octanol–water partition coefficient (Wildman–Crippen LogP) is 4.94. The molecule has 0 amide bonds. The molecular formula is C16H21NOS2. The van der Waals surface area contributed by atoms with Crippen LogP contribution in [0.15, 0.2) is 24.3 Å². The lowest BCUT2D eigenvalue weighted by Crippen LogP contribution is -2.13. The van der Waals surface area contributed by atoms with Crippen LogP contribution in [0.5, 0.6) is 5.75 Å². The number of thiazole rings is 1. The maximum atomic E-state index is 5.71. The van der Waals surface area contributed by atoms with Gasteiger partial charge in [0.15, 0.2) is 0 Å². The minimum Gasteiger partial charge on any atom is -0.493 e. The summed E-state index contributed by atoms with van der Waals surface area (Å²) >= 11 is 6.16. The third-order valence-electron chi connectivity index (χ3n) is 2.97. The maximum absolute atomic E-state index is 5.71. The van der Waals surface area contributed by atoms with Crippen LogP contribution in [0, 0.1) is 0 Å². The van der Waals surface area contributed by atoms with Gasteiger partial charge in [0.25, 0.3) is 0 Å². The third-order valence-corrected chi connectivity index (χ3v) is 4.59. The molecule has 2 aromatic rings. The average Bonchev–Trinajstić information content (AvgIpc) is 2.84. The number of nitrogens with zero attached hydrogens (tertiary/aromatic N) is 1. The second-order valence-corrected chi connectivity index (χ2v) is 7.03. The summed E-state index contributed by atoms with van der Waals surface area (Å²) in [5.41, 5.74) is 2.24. The van der Waals surface area contributed by atoms with Gasteiger partial charge in [-0.3, -0.25) is 0 Å². The van der Waals surface area contributed by atoms with E-state index in [1.807, 2.05) is 25.1 Å². The summed E-state index contributed by atoms with van der Waals surface area (Å²) in [6.45, 7) is 9.22. The van der Waals surface area contributed by atoms with E-state index >= 15 is 0 Å². The van der Waals surface area contributed by atoms with Crippen molar-refractivity contribution in [3.8, 4) is 16.3 Å². The molecular weight excluding hydrogens is 286 g/mol. The molecule has 0 N–H and O–H groups in total. The lowest BCUT2D eigenvalue weighted by molar-refractivity contribution is 0.341. The second kappa shape index (κ2) is 6.19. The highest BCUT2D eigenvalue weighted by Gasteiger charge is 2.23. The third kappa shape index (κ3) is 3.18. The van der Waals surface area contributed by atoms with Crippen molar-refractivity contribution >= 4 is 24.0 Å². The first-order valence-corrected chi connectivity index (χ1v) is 8.25. The highest BCUT2D eigenvalue weighted by atomic mass is 32.1. The number of benzene rings is 1. The number of hydrogen-bond donors (Lipinski definition) is 1. The molecule has 0 aliphatic rings. The van der Waals surface area contributed by atoms with Crippen molar-refractivity contribution in [2.45, 2.75) is 38.9 Å². The van der Waals surface area contributed by atoms with Crippen molar-refractivity contribution < 1.29 is 4.74 Å². The van der Waals surface area contributed by atoms with E-state index in [1.165, 1.54) is 4.88 Å². The molecule has 0 bridgehead atoms. The highest BCUT2D eigenvalue weighted by molar-refractivity contribution is 7.79. The van der Waals surface area contributed by atoms with Crippen LogP contribution < -0.4 is 4.74 Å². The molecule has 1 heterocycles. The molecule has 0 saturated heterocycles.